The van der Waals surface area contributed by atoms with Crippen molar-refractivity contribution < 1.29 is 4.74 Å². The van der Waals surface area contributed by atoms with Crippen molar-refractivity contribution in [3.05, 3.63) is 29.3 Å². The first-order valence-electron chi connectivity index (χ1n) is 8.06. The van der Waals surface area contributed by atoms with Gasteiger partial charge in [-0.2, -0.15) is 0 Å². The molecular weight excluding hydrogens is 248 g/mol. The fourth-order valence-corrected chi connectivity index (χ4v) is 3.39. The number of rotatable bonds is 5. The second-order valence-electron chi connectivity index (χ2n) is 6.11. The van der Waals surface area contributed by atoms with Crippen LogP contribution in [0, 0.1) is 0 Å². The van der Waals surface area contributed by atoms with Crippen LogP contribution < -0.4 is 10.5 Å². The van der Waals surface area contributed by atoms with E-state index in [0.717, 1.165) is 31.6 Å². The molecule has 3 rings (SSSR count). The van der Waals surface area contributed by atoms with Crippen molar-refractivity contribution in [1.29, 1.82) is 0 Å². The summed E-state index contributed by atoms with van der Waals surface area (Å²) in [6, 6.07) is 6.67. The first kappa shape index (κ1) is 13.9. The fraction of sp³-hybridized carbons (Fsp3) is 0.647. The summed E-state index contributed by atoms with van der Waals surface area (Å²) in [5.74, 6) is 0.988. The Hall–Kier alpha value is -1.06. The van der Waals surface area contributed by atoms with Crippen LogP contribution in [0.1, 0.15) is 49.3 Å². The molecule has 0 unspecified atom stereocenters. The van der Waals surface area contributed by atoms with Crippen molar-refractivity contribution in [2.75, 3.05) is 26.2 Å². The molecule has 1 aromatic rings. The van der Waals surface area contributed by atoms with E-state index in [2.05, 4.69) is 23.1 Å². The van der Waals surface area contributed by atoms with Gasteiger partial charge in [0.2, 0.25) is 0 Å². The molecule has 0 bridgehead atoms. The molecule has 0 amide bonds. The molecule has 3 heteroatoms. The number of ether oxygens (including phenoxy) is 1. The highest BCUT2D eigenvalue weighted by Crippen LogP contribution is 2.30. The summed E-state index contributed by atoms with van der Waals surface area (Å²) < 4.78 is 5.90. The monoisotopic (exact) mass is 274 g/mol. The predicted molar refractivity (Wildman–Crippen MR) is 82.1 cm³/mol. The molecule has 3 nitrogen and oxygen atoms in total. The maximum atomic E-state index is 6.19. The van der Waals surface area contributed by atoms with Gasteiger partial charge in [0, 0.05) is 12.6 Å². The lowest BCUT2D eigenvalue weighted by Gasteiger charge is -2.23. The van der Waals surface area contributed by atoms with Gasteiger partial charge < -0.3 is 15.4 Å². The Morgan fingerprint density at radius 1 is 1.20 bits per heavy atom. The van der Waals surface area contributed by atoms with Gasteiger partial charge in [-0.1, -0.05) is 6.07 Å². The van der Waals surface area contributed by atoms with Crippen LogP contribution >= 0.6 is 0 Å². The van der Waals surface area contributed by atoms with E-state index in [-0.39, 0.29) is 6.04 Å². The Labute approximate surface area is 122 Å². The summed E-state index contributed by atoms with van der Waals surface area (Å²) >= 11 is 0. The van der Waals surface area contributed by atoms with Gasteiger partial charge in [0.1, 0.15) is 5.75 Å². The summed E-state index contributed by atoms with van der Waals surface area (Å²) in [5.41, 5.74) is 8.90. The minimum Gasteiger partial charge on any atom is -0.494 e. The standard InChI is InChI=1S/C17H26N2O/c18-17-6-3-5-14-7-8-15(13-16(14)17)20-12-4-11-19-9-1-2-10-19/h7-8,13,17H,1-6,9-12,18H2/t17-/m1/s1. The second-order valence-corrected chi connectivity index (χ2v) is 6.11. The number of likely N-dealkylation sites (tertiary alicyclic amines) is 1. The minimum atomic E-state index is 0.201. The molecule has 2 aliphatic rings. The highest BCUT2D eigenvalue weighted by atomic mass is 16.5. The average molecular weight is 274 g/mol. The molecule has 0 saturated carbocycles. The van der Waals surface area contributed by atoms with Crippen molar-refractivity contribution in [2.45, 2.75) is 44.6 Å². The van der Waals surface area contributed by atoms with Gasteiger partial charge in [0.15, 0.2) is 0 Å². The Kier molecular flexibility index (Phi) is 4.58. The number of benzene rings is 1. The van der Waals surface area contributed by atoms with E-state index < -0.39 is 0 Å². The van der Waals surface area contributed by atoms with Crippen molar-refractivity contribution in [2.24, 2.45) is 5.73 Å². The van der Waals surface area contributed by atoms with Gasteiger partial charge in [-0.05, 0) is 74.9 Å². The third-order valence-electron chi connectivity index (χ3n) is 4.56. The van der Waals surface area contributed by atoms with Crippen LogP contribution in [0.2, 0.25) is 0 Å². The van der Waals surface area contributed by atoms with E-state index >= 15 is 0 Å². The van der Waals surface area contributed by atoms with E-state index in [4.69, 9.17) is 10.5 Å². The lowest BCUT2D eigenvalue weighted by atomic mass is 9.88. The summed E-state index contributed by atoms with van der Waals surface area (Å²) in [5, 5.41) is 0. The zero-order chi connectivity index (χ0) is 13.8. The number of hydrogen-bond donors (Lipinski definition) is 1. The molecule has 0 radical (unpaired) electrons. The van der Waals surface area contributed by atoms with E-state index in [1.165, 1.54) is 50.0 Å². The molecular formula is C17H26N2O. The van der Waals surface area contributed by atoms with E-state index in [1.54, 1.807) is 0 Å². The van der Waals surface area contributed by atoms with Crippen LogP contribution in [0.5, 0.6) is 5.75 Å². The number of aryl methyl sites for hydroxylation is 1. The second kappa shape index (κ2) is 6.59. The normalized spacial score (nSPS) is 22.8. The Bertz CT molecular complexity index is 441. The van der Waals surface area contributed by atoms with Crippen LogP contribution in [0.15, 0.2) is 18.2 Å². The number of nitrogens with two attached hydrogens (primary N) is 1. The SMILES string of the molecule is N[C@@H]1CCCc2ccc(OCCCN3CCCC3)cc21. The lowest BCUT2D eigenvalue weighted by Crippen LogP contribution is -2.22. The number of nitrogens with zero attached hydrogens (tertiary/aromatic N) is 1. The zero-order valence-electron chi connectivity index (χ0n) is 12.3. The highest BCUT2D eigenvalue weighted by Gasteiger charge is 2.17. The van der Waals surface area contributed by atoms with Gasteiger partial charge in [0.25, 0.3) is 0 Å². The van der Waals surface area contributed by atoms with Crippen molar-refractivity contribution >= 4 is 0 Å². The number of hydrogen-bond acceptors (Lipinski definition) is 3. The predicted octanol–water partition coefficient (Wildman–Crippen LogP) is 2.89. The van der Waals surface area contributed by atoms with E-state index in [1.807, 2.05) is 0 Å². The van der Waals surface area contributed by atoms with Gasteiger partial charge >= 0.3 is 0 Å². The van der Waals surface area contributed by atoms with Crippen LogP contribution in [0.25, 0.3) is 0 Å². The van der Waals surface area contributed by atoms with Crippen LogP contribution in [0.4, 0.5) is 0 Å². The zero-order valence-corrected chi connectivity index (χ0v) is 12.3. The largest absolute Gasteiger partial charge is 0.494 e. The summed E-state index contributed by atoms with van der Waals surface area (Å²) in [4.78, 5) is 2.53. The molecule has 1 saturated heterocycles. The Balaban J connectivity index is 1.49. The third-order valence-corrected chi connectivity index (χ3v) is 4.56. The third kappa shape index (κ3) is 3.33. The van der Waals surface area contributed by atoms with E-state index in [0.29, 0.717) is 0 Å². The smallest absolute Gasteiger partial charge is 0.119 e. The van der Waals surface area contributed by atoms with Crippen molar-refractivity contribution in [3.63, 3.8) is 0 Å². The molecule has 1 aromatic carbocycles. The fourth-order valence-electron chi connectivity index (χ4n) is 3.39. The van der Waals surface area contributed by atoms with Crippen LogP contribution in [-0.2, 0) is 6.42 Å². The molecule has 1 aliphatic heterocycles. The van der Waals surface area contributed by atoms with Gasteiger partial charge in [-0.3, -0.25) is 0 Å². The highest BCUT2D eigenvalue weighted by molar-refractivity contribution is 5.39. The quantitative estimate of drug-likeness (QED) is 0.839. The molecule has 110 valence electrons. The Morgan fingerprint density at radius 2 is 2.05 bits per heavy atom. The maximum Gasteiger partial charge on any atom is 0.119 e. The van der Waals surface area contributed by atoms with Gasteiger partial charge in [-0.15, -0.1) is 0 Å². The molecule has 0 spiro atoms. The first-order chi connectivity index (χ1) is 9.83. The molecule has 0 aromatic heterocycles. The van der Waals surface area contributed by atoms with Gasteiger partial charge in [-0.25, -0.2) is 0 Å². The summed E-state index contributed by atoms with van der Waals surface area (Å²) in [6.07, 6.45) is 7.32. The minimum absolute atomic E-state index is 0.201. The maximum absolute atomic E-state index is 6.19. The van der Waals surface area contributed by atoms with Crippen molar-refractivity contribution in [3.8, 4) is 5.75 Å². The molecule has 1 fully saturated rings. The van der Waals surface area contributed by atoms with Gasteiger partial charge in [0.05, 0.1) is 6.61 Å². The molecule has 2 N–H and O–H groups in total. The molecule has 1 atom stereocenters. The average Bonchev–Trinajstić information content (AvgIpc) is 2.98. The summed E-state index contributed by atoms with van der Waals surface area (Å²) in [6.45, 7) is 4.52. The lowest BCUT2D eigenvalue weighted by molar-refractivity contribution is 0.263. The molecule has 20 heavy (non-hydrogen) atoms. The van der Waals surface area contributed by atoms with Crippen LogP contribution in [0.3, 0.4) is 0 Å². The molecule has 1 aliphatic carbocycles. The van der Waals surface area contributed by atoms with E-state index in [9.17, 15) is 0 Å². The number of fused-ring (bicyclic) bond motifs is 1. The summed E-state index contributed by atoms with van der Waals surface area (Å²) in [7, 11) is 0. The van der Waals surface area contributed by atoms with Crippen LogP contribution in [-0.4, -0.2) is 31.1 Å². The first-order valence-corrected chi connectivity index (χ1v) is 8.06. The van der Waals surface area contributed by atoms with Crippen molar-refractivity contribution in [1.82, 2.24) is 4.90 Å². The molecule has 1 heterocycles. The topological polar surface area (TPSA) is 38.5 Å². The Morgan fingerprint density at radius 3 is 2.90 bits per heavy atom.